The van der Waals surface area contributed by atoms with Crippen molar-refractivity contribution in [2.24, 2.45) is 5.92 Å². The molecule has 7 heteroatoms. The van der Waals surface area contributed by atoms with Gasteiger partial charge in [-0.2, -0.15) is 13.2 Å². The van der Waals surface area contributed by atoms with Gasteiger partial charge in [-0.25, -0.2) is 0 Å². The smallest absolute Gasteiger partial charge is 0.349 e. The van der Waals surface area contributed by atoms with Gasteiger partial charge in [0.2, 0.25) is 0 Å². The van der Waals surface area contributed by atoms with Crippen molar-refractivity contribution in [3.8, 4) is 0 Å². The molecule has 0 bridgehead atoms. The number of benzene rings is 1. The van der Waals surface area contributed by atoms with Crippen LogP contribution in [0.5, 0.6) is 0 Å². The summed E-state index contributed by atoms with van der Waals surface area (Å²) in [5.74, 6) is -0.316. The molecule has 0 fully saturated rings. The minimum Gasteiger partial charge on any atom is -0.349 e. The average molecular weight is 431 g/mol. The summed E-state index contributed by atoms with van der Waals surface area (Å²) < 4.78 is 38.5. The second-order valence-corrected chi connectivity index (χ2v) is 6.64. The maximum atomic E-state index is 12.7. The third-order valence-corrected chi connectivity index (χ3v) is 4.23. The van der Waals surface area contributed by atoms with E-state index in [-0.39, 0.29) is 17.5 Å². The highest BCUT2D eigenvalue weighted by molar-refractivity contribution is 9.10. The van der Waals surface area contributed by atoms with Gasteiger partial charge >= 0.3 is 6.18 Å². The SMILES string of the molecule is CC(C)C(CCBr)NC(=O)c1cc(C(F)(F)F)ccc1Br. The van der Waals surface area contributed by atoms with Gasteiger partial charge in [-0.05, 0) is 46.5 Å². The second-order valence-electron chi connectivity index (χ2n) is 4.99. The topological polar surface area (TPSA) is 29.1 Å². The molecule has 0 aliphatic heterocycles. The molecule has 0 aliphatic rings. The van der Waals surface area contributed by atoms with Crippen LogP contribution in [0.25, 0.3) is 0 Å². The number of nitrogens with one attached hydrogen (secondary N) is 1. The number of carbonyl (C=O) groups is 1. The standard InChI is InChI=1S/C14H16Br2F3NO/c1-8(2)12(5-6-15)20-13(21)10-7-9(14(17,18)19)3-4-11(10)16/h3-4,7-8,12H,5-6H2,1-2H3,(H,20,21). The van der Waals surface area contributed by atoms with Crippen LogP contribution in [0.15, 0.2) is 22.7 Å². The highest BCUT2D eigenvalue weighted by atomic mass is 79.9. The van der Waals surface area contributed by atoms with E-state index in [4.69, 9.17) is 0 Å². The minimum absolute atomic E-state index is 0.00922. The molecule has 0 aliphatic carbocycles. The molecule has 1 atom stereocenters. The van der Waals surface area contributed by atoms with Crippen LogP contribution in [0.1, 0.15) is 36.2 Å². The van der Waals surface area contributed by atoms with Crippen molar-refractivity contribution >= 4 is 37.8 Å². The number of carbonyl (C=O) groups excluding carboxylic acids is 1. The molecule has 2 nitrogen and oxygen atoms in total. The van der Waals surface area contributed by atoms with Gasteiger partial charge in [0, 0.05) is 15.8 Å². The molecule has 1 aromatic rings. The summed E-state index contributed by atoms with van der Waals surface area (Å²) in [5, 5.41) is 3.50. The Kier molecular flexibility index (Phi) is 6.71. The summed E-state index contributed by atoms with van der Waals surface area (Å²) in [5.41, 5.74) is -0.845. The van der Waals surface area contributed by atoms with Crippen LogP contribution in [0.4, 0.5) is 13.2 Å². The molecule has 0 saturated carbocycles. The van der Waals surface area contributed by atoms with Crippen LogP contribution >= 0.6 is 31.9 Å². The number of alkyl halides is 4. The Morgan fingerprint density at radius 3 is 2.43 bits per heavy atom. The lowest BCUT2D eigenvalue weighted by molar-refractivity contribution is -0.137. The van der Waals surface area contributed by atoms with Crippen molar-refractivity contribution in [1.29, 1.82) is 0 Å². The summed E-state index contributed by atoms with van der Waals surface area (Å²) in [4.78, 5) is 12.2. The molecule has 0 spiro atoms. The first-order chi connectivity index (χ1) is 9.66. The monoisotopic (exact) mass is 429 g/mol. The van der Waals surface area contributed by atoms with Crippen LogP contribution in [-0.2, 0) is 6.18 Å². The summed E-state index contributed by atoms with van der Waals surface area (Å²) in [6.45, 7) is 3.91. The molecule has 21 heavy (non-hydrogen) atoms. The third-order valence-electron chi connectivity index (χ3n) is 3.08. The Labute approximate surface area is 138 Å². The fourth-order valence-electron chi connectivity index (χ4n) is 1.81. The normalized spacial score (nSPS) is 13.3. The quantitative estimate of drug-likeness (QED) is 0.653. The Hall–Kier alpha value is -0.560. The van der Waals surface area contributed by atoms with Gasteiger partial charge in [0.15, 0.2) is 0 Å². The molecular formula is C14H16Br2F3NO. The van der Waals surface area contributed by atoms with Gasteiger partial charge in [-0.15, -0.1) is 0 Å². The van der Waals surface area contributed by atoms with E-state index < -0.39 is 17.6 Å². The van der Waals surface area contributed by atoms with E-state index in [9.17, 15) is 18.0 Å². The fraction of sp³-hybridized carbons (Fsp3) is 0.500. The van der Waals surface area contributed by atoms with E-state index in [2.05, 4.69) is 37.2 Å². The molecule has 0 aromatic heterocycles. The lowest BCUT2D eigenvalue weighted by Gasteiger charge is -2.22. The highest BCUT2D eigenvalue weighted by Crippen LogP contribution is 2.32. The third kappa shape index (κ3) is 5.29. The predicted molar refractivity (Wildman–Crippen MR) is 83.6 cm³/mol. The number of halogens is 5. The molecule has 1 unspecified atom stereocenters. The first-order valence-corrected chi connectivity index (χ1v) is 8.31. The minimum atomic E-state index is -4.47. The highest BCUT2D eigenvalue weighted by Gasteiger charge is 2.31. The van der Waals surface area contributed by atoms with E-state index in [1.165, 1.54) is 6.07 Å². The number of amides is 1. The van der Waals surface area contributed by atoms with Crippen LogP contribution in [0.2, 0.25) is 0 Å². The Morgan fingerprint density at radius 2 is 1.95 bits per heavy atom. The lowest BCUT2D eigenvalue weighted by Crippen LogP contribution is -2.39. The van der Waals surface area contributed by atoms with Gasteiger partial charge < -0.3 is 5.32 Å². The van der Waals surface area contributed by atoms with Crippen molar-refractivity contribution in [3.05, 3.63) is 33.8 Å². The van der Waals surface area contributed by atoms with Gasteiger partial charge in [0.25, 0.3) is 5.91 Å². The van der Waals surface area contributed by atoms with Gasteiger partial charge in [-0.1, -0.05) is 29.8 Å². The Balaban J connectivity index is 3.01. The summed E-state index contributed by atoms with van der Waals surface area (Å²) in [6.07, 6.45) is -3.76. The maximum absolute atomic E-state index is 12.7. The van der Waals surface area contributed by atoms with E-state index >= 15 is 0 Å². The Morgan fingerprint density at radius 1 is 1.33 bits per heavy atom. The van der Waals surface area contributed by atoms with Crippen LogP contribution in [0.3, 0.4) is 0 Å². The van der Waals surface area contributed by atoms with Crippen LogP contribution in [-0.4, -0.2) is 17.3 Å². The Bertz CT molecular complexity index is 503. The zero-order valence-electron chi connectivity index (χ0n) is 11.6. The molecule has 1 aromatic carbocycles. The molecule has 118 valence electrons. The van der Waals surface area contributed by atoms with E-state index in [1.807, 2.05) is 13.8 Å². The summed E-state index contributed by atoms with van der Waals surface area (Å²) in [7, 11) is 0. The molecule has 1 amide bonds. The molecule has 0 saturated heterocycles. The summed E-state index contributed by atoms with van der Waals surface area (Å²) in [6, 6.07) is 2.95. The lowest BCUT2D eigenvalue weighted by atomic mass is 10.0. The number of hydrogen-bond acceptors (Lipinski definition) is 1. The zero-order valence-corrected chi connectivity index (χ0v) is 14.8. The van der Waals surface area contributed by atoms with Crippen molar-refractivity contribution in [2.75, 3.05) is 5.33 Å². The van der Waals surface area contributed by atoms with Crippen molar-refractivity contribution in [1.82, 2.24) is 5.32 Å². The van der Waals surface area contributed by atoms with E-state index in [1.54, 1.807) is 0 Å². The van der Waals surface area contributed by atoms with E-state index in [0.717, 1.165) is 12.1 Å². The van der Waals surface area contributed by atoms with Crippen LogP contribution in [0, 0.1) is 5.92 Å². The van der Waals surface area contributed by atoms with Crippen LogP contribution < -0.4 is 5.32 Å². The first kappa shape index (κ1) is 18.5. The van der Waals surface area contributed by atoms with Gasteiger partial charge in [-0.3, -0.25) is 4.79 Å². The number of hydrogen-bond donors (Lipinski definition) is 1. The number of rotatable bonds is 5. The zero-order chi connectivity index (χ0) is 16.2. The average Bonchev–Trinajstić information content (AvgIpc) is 2.36. The molecule has 0 radical (unpaired) electrons. The second kappa shape index (κ2) is 7.63. The summed E-state index contributed by atoms with van der Waals surface area (Å²) >= 11 is 6.43. The fourth-order valence-corrected chi connectivity index (χ4v) is 2.73. The molecule has 0 heterocycles. The largest absolute Gasteiger partial charge is 0.416 e. The van der Waals surface area contributed by atoms with Crippen molar-refractivity contribution < 1.29 is 18.0 Å². The molecule has 1 N–H and O–H groups in total. The molecule has 1 rings (SSSR count). The van der Waals surface area contributed by atoms with Gasteiger partial charge in [0.1, 0.15) is 0 Å². The predicted octanol–water partition coefficient (Wildman–Crippen LogP) is 5.01. The van der Waals surface area contributed by atoms with Crippen molar-refractivity contribution in [3.63, 3.8) is 0 Å². The van der Waals surface area contributed by atoms with Crippen molar-refractivity contribution in [2.45, 2.75) is 32.5 Å². The molecular weight excluding hydrogens is 415 g/mol. The first-order valence-electron chi connectivity index (χ1n) is 6.40. The maximum Gasteiger partial charge on any atom is 0.416 e. The van der Waals surface area contributed by atoms with E-state index in [0.29, 0.717) is 16.2 Å². The van der Waals surface area contributed by atoms with Gasteiger partial charge in [0.05, 0.1) is 11.1 Å².